The quantitative estimate of drug-likeness (QED) is 0.870. The van der Waals surface area contributed by atoms with E-state index in [0.29, 0.717) is 5.69 Å². The molecule has 0 bridgehead atoms. The smallest absolute Gasteiger partial charge is 0.414 e. The molecule has 1 rings (SSSR count). The molecule has 100 valence electrons. The van der Waals surface area contributed by atoms with Crippen molar-refractivity contribution < 1.29 is 14.6 Å². The zero-order valence-corrected chi connectivity index (χ0v) is 11.6. The second-order valence-corrected chi connectivity index (χ2v) is 5.90. The van der Waals surface area contributed by atoms with Crippen LogP contribution in [0.4, 0.5) is 10.5 Å². The lowest BCUT2D eigenvalue weighted by molar-refractivity contribution is 0.154. The van der Waals surface area contributed by atoms with Crippen molar-refractivity contribution in [3.05, 3.63) is 30.3 Å². The van der Waals surface area contributed by atoms with Crippen LogP contribution in [0.25, 0.3) is 0 Å². The van der Waals surface area contributed by atoms with Crippen molar-refractivity contribution in [2.75, 3.05) is 24.7 Å². The molecule has 0 aromatic heterocycles. The Kier molecular flexibility index (Phi) is 6.02. The number of nitrogens with zero attached hydrogens (tertiary/aromatic N) is 1. The van der Waals surface area contributed by atoms with Crippen molar-refractivity contribution in [3.8, 4) is 0 Å². The Morgan fingerprint density at radius 1 is 1.28 bits per heavy atom. The van der Waals surface area contributed by atoms with Crippen molar-refractivity contribution >= 4 is 46.6 Å². The van der Waals surface area contributed by atoms with Crippen molar-refractivity contribution in [2.45, 2.75) is 3.79 Å². The van der Waals surface area contributed by atoms with Gasteiger partial charge in [-0.15, -0.1) is 0 Å². The molecule has 0 aliphatic carbocycles. The van der Waals surface area contributed by atoms with E-state index < -0.39 is 9.89 Å². The van der Waals surface area contributed by atoms with Gasteiger partial charge in [0.2, 0.25) is 3.79 Å². The summed E-state index contributed by atoms with van der Waals surface area (Å²) in [6, 6.07) is 8.77. The largest absolute Gasteiger partial charge is 0.445 e. The molecule has 0 saturated carbocycles. The van der Waals surface area contributed by atoms with Crippen LogP contribution in [0.2, 0.25) is 0 Å². The number of aliphatic hydroxyl groups excluding tert-OH is 1. The number of carbonyl (C=O) groups is 1. The van der Waals surface area contributed by atoms with Gasteiger partial charge in [0.05, 0.1) is 13.2 Å². The van der Waals surface area contributed by atoms with Crippen LogP contribution in [0.1, 0.15) is 0 Å². The van der Waals surface area contributed by atoms with Gasteiger partial charge >= 0.3 is 6.09 Å². The van der Waals surface area contributed by atoms with Gasteiger partial charge in [0.25, 0.3) is 0 Å². The molecule has 1 N–H and O–H groups in total. The van der Waals surface area contributed by atoms with E-state index in [1.165, 1.54) is 4.90 Å². The van der Waals surface area contributed by atoms with Gasteiger partial charge in [0.1, 0.15) is 6.61 Å². The molecule has 1 aromatic carbocycles. The minimum Gasteiger partial charge on any atom is -0.445 e. The molecule has 0 fully saturated rings. The second-order valence-electron chi connectivity index (χ2n) is 3.38. The van der Waals surface area contributed by atoms with E-state index in [-0.39, 0.29) is 19.8 Å². The average molecular weight is 313 g/mol. The van der Waals surface area contributed by atoms with Crippen LogP contribution in [0.15, 0.2) is 30.3 Å². The maximum atomic E-state index is 11.8. The summed E-state index contributed by atoms with van der Waals surface area (Å²) in [6.45, 7) is -0.453. The van der Waals surface area contributed by atoms with Crippen molar-refractivity contribution in [1.82, 2.24) is 0 Å². The number of para-hydroxylation sites is 1. The zero-order chi connectivity index (χ0) is 13.6. The first kappa shape index (κ1) is 15.4. The summed E-state index contributed by atoms with van der Waals surface area (Å²) in [7, 11) is 0. The summed E-state index contributed by atoms with van der Waals surface area (Å²) >= 11 is 16.5. The molecule has 0 saturated heterocycles. The Hall–Kier alpha value is -0.680. The Labute approximate surface area is 120 Å². The highest BCUT2D eigenvalue weighted by Crippen LogP contribution is 2.26. The molecule has 0 aliphatic heterocycles. The van der Waals surface area contributed by atoms with Crippen LogP contribution in [-0.2, 0) is 4.74 Å². The SMILES string of the molecule is O=C(OCC(Cl)(Cl)Cl)N(CCO)c1ccccc1. The Morgan fingerprint density at radius 2 is 1.89 bits per heavy atom. The number of amides is 1. The van der Waals surface area contributed by atoms with Crippen LogP contribution in [0.3, 0.4) is 0 Å². The summed E-state index contributed by atoms with van der Waals surface area (Å²) < 4.78 is 3.20. The first-order chi connectivity index (χ1) is 8.44. The third kappa shape index (κ3) is 5.31. The van der Waals surface area contributed by atoms with Crippen LogP contribution in [0, 0.1) is 0 Å². The molecule has 7 heteroatoms. The van der Waals surface area contributed by atoms with Gasteiger partial charge in [0.15, 0.2) is 0 Å². The molecule has 1 aromatic rings. The molecule has 4 nitrogen and oxygen atoms in total. The van der Waals surface area contributed by atoms with E-state index in [4.69, 9.17) is 44.6 Å². The van der Waals surface area contributed by atoms with Crippen molar-refractivity contribution in [2.24, 2.45) is 0 Å². The van der Waals surface area contributed by atoms with E-state index in [1.807, 2.05) is 6.07 Å². The lowest BCUT2D eigenvalue weighted by Crippen LogP contribution is -2.35. The van der Waals surface area contributed by atoms with E-state index in [2.05, 4.69) is 0 Å². The normalized spacial score (nSPS) is 11.1. The summed E-state index contributed by atoms with van der Waals surface area (Å²) in [5.74, 6) is 0. The molecule has 0 heterocycles. The Balaban J connectivity index is 2.70. The van der Waals surface area contributed by atoms with Gasteiger partial charge in [-0.2, -0.15) is 0 Å². The number of benzene rings is 1. The second kappa shape index (κ2) is 7.04. The first-order valence-electron chi connectivity index (χ1n) is 5.11. The number of halogens is 3. The molecule has 0 aliphatic rings. The summed E-state index contributed by atoms with van der Waals surface area (Å²) in [4.78, 5) is 13.1. The number of ether oxygens (including phenoxy) is 1. The summed E-state index contributed by atoms with van der Waals surface area (Å²) in [6.07, 6.45) is -0.679. The van der Waals surface area contributed by atoms with Crippen LogP contribution in [-0.4, -0.2) is 34.8 Å². The zero-order valence-electron chi connectivity index (χ0n) is 9.35. The molecular formula is C11H12Cl3NO3. The molecule has 0 atom stereocenters. The van der Waals surface area contributed by atoms with E-state index in [0.717, 1.165) is 0 Å². The fourth-order valence-electron chi connectivity index (χ4n) is 1.26. The predicted molar refractivity (Wildman–Crippen MR) is 72.5 cm³/mol. The number of rotatable bonds is 4. The third-order valence-electron chi connectivity index (χ3n) is 1.97. The summed E-state index contributed by atoms with van der Waals surface area (Å²) in [5, 5.41) is 8.95. The number of aliphatic hydroxyl groups is 1. The van der Waals surface area contributed by atoms with Gasteiger partial charge < -0.3 is 9.84 Å². The molecule has 0 radical (unpaired) electrons. The van der Waals surface area contributed by atoms with Gasteiger partial charge in [-0.1, -0.05) is 53.0 Å². The lowest BCUT2D eigenvalue weighted by Gasteiger charge is -2.22. The average Bonchev–Trinajstić information content (AvgIpc) is 2.33. The number of alkyl halides is 3. The fraction of sp³-hybridized carbons (Fsp3) is 0.364. The third-order valence-corrected chi connectivity index (χ3v) is 2.30. The van der Waals surface area contributed by atoms with Crippen LogP contribution >= 0.6 is 34.8 Å². The molecule has 0 spiro atoms. The lowest BCUT2D eigenvalue weighted by atomic mass is 10.3. The van der Waals surface area contributed by atoms with Crippen LogP contribution in [0.5, 0.6) is 0 Å². The first-order valence-corrected chi connectivity index (χ1v) is 6.24. The van der Waals surface area contributed by atoms with Gasteiger partial charge in [-0.25, -0.2) is 4.79 Å². The standard InChI is InChI=1S/C11H12Cl3NO3/c12-11(13,14)8-18-10(17)15(6-7-16)9-4-2-1-3-5-9/h1-5,16H,6-8H2. The monoisotopic (exact) mass is 311 g/mol. The Bertz CT molecular complexity index is 381. The van der Waals surface area contributed by atoms with Crippen molar-refractivity contribution in [3.63, 3.8) is 0 Å². The number of carbonyl (C=O) groups excluding carboxylic acids is 1. The van der Waals surface area contributed by atoms with Gasteiger partial charge in [0, 0.05) is 5.69 Å². The molecular weight excluding hydrogens is 300 g/mol. The maximum absolute atomic E-state index is 11.8. The van der Waals surface area contributed by atoms with E-state index in [9.17, 15) is 4.79 Å². The van der Waals surface area contributed by atoms with Gasteiger partial charge in [-0.3, -0.25) is 4.90 Å². The van der Waals surface area contributed by atoms with Crippen LogP contribution < -0.4 is 4.90 Å². The van der Waals surface area contributed by atoms with E-state index in [1.54, 1.807) is 24.3 Å². The number of anilines is 1. The van der Waals surface area contributed by atoms with Crippen molar-refractivity contribution in [1.29, 1.82) is 0 Å². The predicted octanol–water partition coefficient (Wildman–Crippen LogP) is 2.99. The Morgan fingerprint density at radius 3 is 2.39 bits per heavy atom. The fourth-order valence-corrected chi connectivity index (χ4v) is 1.42. The number of hydrogen-bond donors (Lipinski definition) is 1. The number of hydrogen-bond acceptors (Lipinski definition) is 3. The maximum Gasteiger partial charge on any atom is 0.414 e. The highest BCUT2D eigenvalue weighted by molar-refractivity contribution is 6.67. The topological polar surface area (TPSA) is 49.8 Å². The highest BCUT2D eigenvalue weighted by Gasteiger charge is 2.24. The minimum absolute atomic E-state index is 0.0999. The minimum atomic E-state index is -1.66. The summed E-state index contributed by atoms with van der Waals surface area (Å²) in [5.41, 5.74) is 0.598. The molecule has 18 heavy (non-hydrogen) atoms. The highest BCUT2D eigenvalue weighted by atomic mass is 35.6. The van der Waals surface area contributed by atoms with Gasteiger partial charge in [-0.05, 0) is 12.1 Å². The molecule has 1 amide bonds. The molecule has 0 unspecified atom stereocenters. The van der Waals surface area contributed by atoms with E-state index >= 15 is 0 Å².